The molecule has 0 spiro atoms. The summed E-state index contributed by atoms with van der Waals surface area (Å²) in [5, 5.41) is 11.0. The standard InChI is InChI=1S/C22H25Cl2N3O6/c1-6-32-14-10-11-16(33-7-2)19(17(14)24)25-22(29)18(12(3)28)26-27-20-15(30-4)9-8-13(23)21(20)31-5/h8-11,18H,6-7H2,1-5H3,(H,25,29). The van der Waals surface area contributed by atoms with Crippen LogP contribution in [0.1, 0.15) is 20.8 Å². The average molecular weight is 498 g/mol. The van der Waals surface area contributed by atoms with Gasteiger partial charge in [0.1, 0.15) is 28.0 Å². The number of carbonyl (C=O) groups is 2. The number of hydrogen-bond acceptors (Lipinski definition) is 8. The number of halogens is 2. The lowest BCUT2D eigenvalue weighted by atomic mass is 10.2. The van der Waals surface area contributed by atoms with E-state index in [9.17, 15) is 9.59 Å². The molecule has 2 aromatic carbocycles. The predicted octanol–water partition coefficient (Wildman–Crippen LogP) is 5.49. The molecule has 0 fully saturated rings. The number of rotatable bonds is 11. The van der Waals surface area contributed by atoms with Crippen molar-refractivity contribution < 1.29 is 28.5 Å². The molecule has 0 aliphatic rings. The fourth-order valence-electron chi connectivity index (χ4n) is 2.81. The number of anilines is 1. The molecule has 0 aliphatic carbocycles. The Morgan fingerprint density at radius 3 is 2.15 bits per heavy atom. The molecule has 0 heterocycles. The fraction of sp³-hybridized carbons (Fsp3) is 0.364. The largest absolute Gasteiger partial charge is 0.494 e. The number of nitrogens with one attached hydrogen (secondary N) is 1. The van der Waals surface area contributed by atoms with E-state index in [0.717, 1.165) is 0 Å². The molecule has 2 rings (SSSR count). The zero-order chi connectivity index (χ0) is 24.5. The Balaban J connectivity index is 2.43. The van der Waals surface area contributed by atoms with Gasteiger partial charge in [0.05, 0.1) is 32.5 Å². The molecule has 0 saturated heterocycles. The Labute approximate surface area is 202 Å². The predicted molar refractivity (Wildman–Crippen MR) is 126 cm³/mol. The smallest absolute Gasteiger partial charge is 0.258 e. The van der Waals surface area contributed by atoms with Crippen LogP contribution in [0.25, 0.3) is 0 Å². The highest BCUT2D eigenvalue weighted by Crippen LogP contribution is 2.43. The maximum Gasteiger partial charge on any atom is 0.258 e. The van der Waals surface area contributed by atoms with Crippen molar-refractivity contribution in [3.63, 3.8) is 0 Å². The van der Waals surface area contributed by atoms with Crippen LogP contribution in [0.5, 0.6) is 23.0 Å². The summed E-state index contributed by atoms with van der Waals surface area (Å²) in [5.74, 6) is -0.152. The van der Waals surface area contributed by atoms with E-state index in [-0.39, 0.29) is 27.2 Å². The Morgan fingerprint density at radius 2 is 1.58 bits per heavy atom. The number of Topliss-reactive ketones (excluding diaryl/α,β-unsaturated/α-hetero) is 1. The van der Waals surface area contributed by atoms with Crippen molar-refractivity contribution >= 4 is 46.3 Å². The molecule has 33 heavy (non-hydrogen) atoms. The molecule has 0 radical (unpaired) electrons. The first-order valence-electron chi connectivity index (χ1n) is 9.99. The molecule has 1 unspecified atom stereocenters. The number of methoxy groups -OCH3 is 2. The summed E-state index contributed by atoms with van der Waals surface area (Å²) in [6, 6.07) is 4.89. The van der Waals surface area contributed by atoms with Gasteiger partial charge < -0.3 is 24.3 Å². The number of benzene rings is 2. The van der Waals surface area contributed by atoms with Crippen LogP contribution >= 0.6 is 23.2 Å². The quantitative estimate of drug-likeness (QED) is 0.324. The van der Waals surface area contributed by atoms with Crippen LogP contribution in [0.15, 0.2) is 34.5 Å². The number of carbonyl (C=O) groups excluding carboxylic acids is 2. The topological polar surface area (TPSA) is 108 Å². The van der Waals surface area contributed by atoms with Gasteiger partial charge in [0.2, 0.25) is 6.04 Å². The van der Waals surface area contributed by atoms with Gasteiger partial charge in [0.15, 0.2) is 17.2 Å². The van der Waals surface area contributed by atoms with E-state index in [4.69, 9.17) is 42.1 Å². The fourth-order valence-corrected chi connectivity index (χ4v) is 3.29. The maximum atomic E-state index is 13.0. The van der Waals surface area contributed by atoms with Crippen molar-refractivity contribution in [3.05, 3.63) is 34.3 Å². The molecular formula is C22H25Cl2N3O6. The normalized spacial score (nSPS) is 11.7. The molecule has 9 nitrogen and oxygen atoms in total. The zero-order valence-corrected chi connectivity index (χ0v) is 20.4. The van der Waals surface area contributed by atoms with Gasteiger partial charge in [-0.15, -0.1) is 5.11 Å². The second-order valence-electron chi connectivity index (χ2n) is 6.47. The van der Waals surface area contributed by atoms with Crippen molar-refractivity contribution in [1.29, 1.82) is 0 Å². The van der Waals surface area contributed by atoms with Gasteiger partial charge in [-0.05, 0) is 45.0 Å². The van der Waals surface area contributed by atoms with Gasteiger partial charge in [0, 0.05) is 0 Å². The summed E-state index contributed by atoms with van der Waals surface area (Å²) in [7, 11) is 2.83. The third-order valence-electron chi connectivity index (χ3n) is 4.29. The molecule has 0 aromatic heterocycles. The first-order valence-corrected chi connectivity index (χ1v) is 10.7. The minimum absolute atomic E-state index is 0.133. The van der Waals surface area contributed by atoms with E-state index in [1.165, 1.54) is 21.1 Å². The summed E-state index contributed by atoms with van der Waals surface area (Å²) >= 11 is 12.6. The number of ketones is 1. The van der Waals surface area contributed by atoms with Crippen LogP contribution in [0, 0.1) is 0 Å². The van der Waals surface area contributed by atoms with Crippen molar-refractivity contribution in [2.75, 3.05) is 32.8 Å². The van der Waals surface area contributed by atoms with Gasteiger partial charge in [-0.25, -0.2) is 0 Å². The number of hydrogen-bond donors (Lipinski definition) is 1. The van der Waals surface area contributed by atoms with Crippen molar-refractivity contribution in [2.24, 2.45) is 10.2 Å². The molecule has 0 bridgehead atoms. The van der Waals surface area contributed by atoms with Crippen molar-refractivity contribution in [1.82, 2.24) is 0 Å². The lowest BCUT2D eigenvalue weighted by Crippen LogP contribution is -2.32. The molecule has 2 aromatic rings. The summed E-state index contributed by atoms with van der Waals surface area (Å²) in [4.78, 5) is 25.2. The minimum atomic E-state index is -1.49. The van der Waals surface area contributed by atoms with Crippen LogP contribution in [-0.4, -0.2) is 45.2 Å². The lowest BCUT2D eigenvalue weighted by Gasteiger charge is -2.17. The highest BCUT2D eigenvalue weighted by atomic mass is 35.5. The van der Waals surface area contributed by atoms with Gasteiger partial charge in [-0.2, -0.15) is 5.11 Å². The molecular weight excluding hydrogens is 473 g/mol. The van der Waals surface area contributed by atoms with Crippen LogP contribution < -0.4 is 24.3 Å². The highest BCUT2D eigenvalue weighted by Gasteiger charge is 2.27. The number of azo groups is 1. The summed E-state index contributed by atoms with van der Waals surface area (Å²) < 4.78 is 21.6. The molecule has 178 valence electrons. The SMILES string of the molecule is CCOc1ccc(OCC)c(NC(=O)C(N=Nc2c(OC)ccc(Cl)c2OC)C(C)=O)c1Cl. The summed E-state index contributed by atoms with van der Waals surface area (Å²) in [6.45, 7) is 5.51. The Kier molecular flexibility index (Phi) is 9.74. The van der Waals surface area contributed by atoms with Crippen LogP contribution in [0.2, 0.25) is 10.0 Å². The Hall–Kier alpha value is -3.04. The second-order valence-corrected chi connectivity index (χ2v) is 7.25. The first-order chi connectivity index (χ1) is 15.8. The number of ether oxygens (including phenoxy) is 4. The van der Waals surface area contributed by atoms with Gasteiger partial charge >= 0.3 is 0 Å². The first kappa shape index (κ1) is 26.2. The molecule has 1 amide bonds. The minimum Gasteiger partial charge on any atom is -0.494 e. The summed E-state index contributed by atoms with van der Waals surface area (Å²) in [5.41, 5.74) is 0.298. The monoisotopic (exact) mass is 497 g/mol. The van der Waals surface area contributed by atoms with Crippen molar-refractivity contribution in [2.45, 2.75) is 26.8 Å². The molecule has 1 N–H and O–H groups in total. The second kappa shape index (κ2) is 12.3. The molecule has 1 atom stereocenters. The number of nitrogens with zero attached hydrogens (tertiary/aromatic N) is 2. The van der Waals surface area contributed by atoms with E-state index in [1.54, 1.807) is 38.1 Å². The third kappa shape index (κ3) is 6.27. The Morgan fingerprint density at radius 1 is 0.970 bits per heavy atom. The van der Waals surface area contributed by atoms with E-state index in [0.29, 0.717) is 30.5 Å². The van der Waals surface area contributed by atoms with E-state index >= 15 is 0 Å². The lowest BCUT2D eigenvalue weighted by molar-refractivity contribution is -0.126. The average Bonchev–Trinajstić information content (AvgIpc) is 2.78. The Bertz CT molecular complexity index is 1050. The van der Waals surface area contributed by atoms with E-state index in [1.807, 2.05) is 0 Å². The third-order valence-corrected chi connectivity index (χ3v) is 4.97. The van der Waals surface area contributed by atoms with Crippen LogP contribution in [0.3, 0.4) is 0 Å². The molecule has 0 saturated carbocycles. The number of amides is 1. The maximum absolute atomic E-state index is 13.0. The zero-order valence-electron chi connectivity index (χ0n) is 18.9. The van der Waals surface area contributed by atoms with Gasteiger partial charge in [-0.3, -0.25) is 9.59 Å². The molecule has 0 aliphatic heterocycles. The van der Waals surface area contributed by atoms with Gasteiger partial charge in [-0.1, -0.05) is 23.2 Å². The van der Waals surface area contributed by atoms with E-state index < -0.39 is 17.7 Å². The highest BCUT2D eigenvalue weighted by molar-refractivity contribution is 6.36. The van der Waals surface area contributed by atoms with E-state index in [2.05, 4.69) is 15.5 Å². The summed E-state index contributed by atoms with van der Waals surface area (Å²) in [6.07, 6.45) is 0. The van der Waals surface area contributed by atoms with Crippen LogP contribution in [-0.2, 0) is 9.59 Å². The van der Waals surface area contributed by atoms with Crippen molar-refractivity contribution in [3.8, 4) is 23.0 Å². The van der Waals surface area contributed by atoms with Gasteiger partial charge in [0.25, 0.3) is 5.91 Å². The van der Waals surface area contributed by atoms with Crippen LogP contribution in [0.4, 0.5) is 11.4 Å². The molecule has 11 heteroatoms.